The lowest BCUT2D eigenvalue weighted by atomic mass is 10.00. The fraction of sp³-hybridized carbons (Fsp3) is 0.846. The number of nitrogens with zero attached hydrogens (tertiary/aromatic N) is 1. The van der Waals surface area contributed by atoms with Crippen LogP contribution in [0.25, 0.3) is 0 Å². The Morgan fingerprint density at radius 3 is 2.45 bits per heavy atom. The number of fused-ring (bicyclic) bond motifs is 1. The molecule has 6 atom stereocenters. The van der Waals surface area contributed by atoms with Gasteiger partial charge in [0.15, 0.2) is 24.2 Å². The number of cyclic esters (lactones) is 1. The van der Waals surface area contributed by atoms with Crippen LogP contribution in [0, 0.1) is 0 Å². The van der Waals surface area contributed by atoms with Gasteiger partial charge >= 0.3 is 12.1 Å². The zero-order valence-corrected chi connectivity index (χ0v) is 12.7. The molecule has 3 heterocycles. The number of carboxylic acids is 1. The van der Waals surface area contributed by atoms with E-state index >= 15 is 0 Å². The van der Waals surface area contributed by atoms with Gasteiger partial charge in [-0.15, -0.1) is 0 Å². The van der Waals surface area contributed by atoms with E-state index in [0.29, 0.717) is 0 Å². The van der Waals surface area contributed by atoms with E-state index in [0.717, 1.165) is 4.90 Å². The first-order valence-corrected chi connectivity index (χ1v) is 6.95. The maximum absolute atomic E-state index is 11.7. The largest absolute Gasteiger partial charge is 0.480 e. The Labute approximate surface area is 127 Å². The van der Waals surface area contributed by atoms with E-state index in [-0.39, 0.29) is 0 Å². The molecule has 3 aliphatic heterocycles. The van der Waals surface area contributed by atoms with E-state index in [4.69, 9.17) is 23.7 Å². The van der Waals surface area contributed by atoms with Gasteiger partial charge in [-0.25, -0.2) is 9.59 Å². The molecule has 1 N–H and O–H groups in total. The summed E-state index contributed by atoms with van der Waals surface area (Å²) in [6, 6.07) is -1.15. The van der Waals surface area contributed by atoms with Crippen LogP contribution < -0.4 is 0 Å². The third-order valence-electron chi connectivity index (χ3n) is 4.11. The first-order chi connectivity index (χ1) is 10.2. The Morgan fingerprint density at radius 2 is 1.86 bits per heavy atom. The molecule has 1 amide bonds. The summed E-state index contributed by atoms with van der Waals surface area (Å²) in [4.78, 5) is 24.2. The van der Waals surface area contributed by atoms with Gasteiger partial charge in [0.1, 0.15) is 18.3 Å². The lowest BCUT2D eigenvalue weighted by Crippen LogP contribution is -2.49. The number of rotatable bonds is 3. The van der Waals surface area contributed by atoms with Gasteiger partial charge in [-0.1, -0.05) is 0 Å². The summed E-state index contributed by atoms with van der Waals surface area (Å²) in [7, 11) is 2.83. The molecule has 0 spiro atoms. The number of methoxy groups -OCH3 is 1. The van der Waals surface area contributed by atoms with Gasteiger partial charge in [0.2, 0.25) is 0 Å². The molecule has 9 heteroatoms. The highest BCUT2D eigenvalue weighted by molar-refractivity contribution is 5.83. The van der Waals surface area contributed by atoms with Gasteiger partial charge in [0, 0.05) is 14.2 Å². The molecule has 3 rings (SSSR count). The van der Waals surface area contributed by atoms with Crippen LogP contribution in [-0.4, -0.2) is 78.8 Å². The van der Waals surface area contributed by atoms with Gasteiger partial charge in [0.05, 0.1) is 0 Å². The van der Waals surface area contributed by atoms with Crippen molar-refractivity contribution in [2.75, 3.05) is 14.2 Å². The second-order valence-corrected chi connectivity index (χ2v) is 6.01. The van der Waals surface area contributed by atoms with Gasteiger partial charge < -0.3 is 28.8 Å². The highest BCUT2D eigenvalue weighted by Crippen LogP contribution is 2.42. The molecular weight excluding hydrogens is 298 g/mol. The molecule has 0 aromatic rings. The van der Waals surface area contributed by atoms with Crippen LogP contribution >= 0.6 is 0 Å². The number of carbonyl (C=O) groups excluding carboxylic acids is 1. The number of carbonyl (C=O) groups is 2. The zero-order valence-electron chi connectivity index (χ0n) is 12.7. The molecular formula is C13H19NO8. The maximum atomic E-state index is 11.7. The second kappa shape index (κ2) is 5.05. The van der Waals surface area contributed by atoms with Gasteiger partial charge in [-0.05, 0) is 13.8 Å². The quantitative estimate of drug-likeness (QED) is 0.762. The standard InChI is InChI=1S/C13H19NO8/c1-13(2)21-8-7(19-11(18-4)9(8)22-13)6-5(10(15)16)14(3)12(17)20-6/h5-9,11H,1-4H3,(H,15,16)/t5-,6-,7+,8+,9+,11+/m0/s1. The monoisotopic (exact) mass is 317 g/mol. The molecule has 0 saturated carbocycles. The first-order valence-electron chi connectivity index (χ1n) is 6.95. The fourth-order valence-corrected chi connectivity index (χ4v) is 3.20. The normalized spacial score (nSPS) is 43.3. The molecule has 9 nitrogen and oxygen atoms in total. The van der Waals surface area contributed by atoms with E-state index in [1.165, 1.54) is 14.2 Å². The van der Waals surface area contributed by atoms with Crippen LogP contribution in [0.5, 0.6) is 0 Å². The van der Waals surface area contributed by atoms with E-state index in [1.54, 1.807) is 13.8 Å². The summed E-state index contributed by atoms with van der Waals surface area (Å²) in [6.07, 6.45) is -4.30. The third kappa shape index (κ3) is 2.24. The van der Waals surface area contributed by atoms with Crippen LogP contribution in [0.3, 0.4) is 0 Å². The third-order valence-corrected chi connectivity index (χ3v) is 4.11. The number of hydrogen-bond acceptors (Lipinski definition) is 7. The predicted octanol–water partition coefficient (Wildman–Crippen LogP) is -0.218. The van der Waals surface area contributed by atoms with Crippen LogP contribution in [0.4, 0.5) is 4.79 Å². The fourth-order valence-electron chi connectivity index (χ4n) is 3.20. The van der Waals surface area contributed by atoms with Crippen LogP contribution in [0.1, 0.15) is 13.8 Å². The van der Waals surface area contributed by atoms with E-state index in [2.05, 4.69) is 0 Å². The van der Waals surface area contributed by atoms with Crippen molar-refractivity contribution in [3.05, 3.63) is 0 Å². The summed E-state index contributed by atoms with van der Waals surface area (Å²) >= 11 is 0. The first kappa shape index (κ1) is 15.5. The molecule has 0 bridgehead atoms. The minimum atomic E-state index is -1.17. The zero-order chi connectivity index (χ0) is 16.2. The number of aliphatic carboxylic acids is 1. The highest BCUT2D eigenvalue weighted by atomic mass is 16.8. The van der Waals surface area contributed by atoms with E-state index in [9.17, 15) is 14.7 Å². The average Bonchev–Trinajstić information content (AvgIpc) is 2.99. The minimum absolute atomic E-state index is 0.510. The van der Waals surface area contributed by atoms with Crippen molar-refractivity contribution >= 4 is 12.1 Å². The van der Waals surface area contributed by atoms with Crippen LogP contribution in [0.15, 0.2) is 0 Å². The van der Waals surface area contributed by atoms with Crippen molar-refractivity contribution in [2.45, 2.75) is 56.4 Å². The topological polar surface area (TPSA) is 104 Å². The van der Waals surface area contributed by atoms with E-state index in [1.807, 2.05) is 0 Å². The highest BCUT2D eigenvalue weighted by Gasteiger charge is 2.62. The molecule has 0 aromatic heterocycles. The summed E-state index contributed by atoms with van der Waals surface area (Å²) in [5.74, 6) is -2.01. The summed E-state index contributed by atoms with van der Waals surface area (Å²) in [5, 5.41) is 9.37. The summed E-state index contributed by atoms with van der Waals surface area (Å²) in [6.45, 7) is 3.49. The van der Waals surface area contributed by atoms with Gasteiger partial charge in [-0.2, -0.15) is 0 Å². The number of ether oxygens (including phenoxy) is 5. The Hall–Kier alpha value is -1.42. The molecule has 124 valence electrons. The average molecular weight is 317 g/mol. The molecule has 3 saturated heterocycles. The van der Waals surface area contributed by atoms with Crippen LogP contribution in [0.2, 0.25) is 0 Å². The number of amides is 1. The molecule has 0 unspecified atom stereocenters. The Balaban J connectivity index is 1.88. The van der Waals surface area contributed by atoms with Crippen molar-refractivity contribution in [1.29, 1.82) is 0 Å². The second-order valence-electron chi connectivity index (χ2n) is 6.01. The SMILES string of the molecule is CO[C@@H]1O[C@H]([C@H]2OC(=O)N(C)[C@@H]2C(=O)O)[C@H]2OC(C)(C)O[C@@H]12. The van der Waals surface area contributed by atoms with Crippen molar-refractivity contribution < 1.29 is 38.4 Å². The van der Waals surface area contributed by atoms with Gasteiger partial charge in [0.25, 0.3) is 0 Å². The molecule has 0 aromatic carbocycles. The smallest absolute Gasteiger partial charge is 0.410 e. The molecule has 0 aliphatic carbocycles. The van der Waals surface area contributed by atoms with E-state index < -0.39 is 54.6 Å². The maximum Gasteiger partial charge on any atom is 0.410 e. The minimum Gasteiger partial charge on any atom is -0.480 e. The van der Waals surface area contributed by atoms with Crippen LogP contribution in [-0.2, 0) is 28.5 Å². The van der Waals surface area contributed by atoms with Crippen molar-refractivity contribution in [1.82, 2.24) is 4.90 Å². The lowest BCUT2D eigenvalue weighted by Gasteiger charge is -2.27. The predicted molar refractivity (Wildman–Crippen MR) is 69.0 cm³/mol. The molecule has 0 radical (unpaired) electrons. The Morgan fingerprint density at radius 1 is 1.23 bits per heavy atom. The summed E-state index contributed by atoms with van der Waals surface area (Å²) in [5.41, 5.74) is 0. The molecule has 3 fully saturated rings. The summed E-state index contributed by atoms with van der Waals surface area (Å²) < 4.78 is 27.7. The van der Waals surface area contributed by atoms with Crippen molar-refractivity contribution in [3.8, 4) is 0 Å². The number of carboxylic acid groups (broad SMARTS) is 1. The Bertz CT molecular complexity index is 494. The van der Waals surface area contributed by atoms with Gasteiger partial charge in [-0.3, -0.25) is 4.90 Å². The molecule has 3 aliphatic rings. The molecule has 22 heavy (non-hydrogen) atoms. The lowest BCUT2D eigenvalue weighted by molar-refractivity contribution is -0.236. The van der Waals surface area contributed by atoms with Crippen molar-refractivity contribution in [3.63, 3.8) is 0 Å². The number of hydrogen-bond donors (Lipinski definition) is 1. The Kier molecular flexibility index (Phi) is 3.55. The van der Waals surface area contributed by atoms with Crippen molar-refractivity contribution in [2.24, 2.45) is 0 Å². The number of likely N-dealkylation sites (N-methyl/N-ethyl adjacent to an activating group) is 1.